The predicted molar refractivity (Wildman–Crippen MR) is 111 cm³/mol. The Bertz CT molecular complexity index is 902. The number of Topliss-reactive ketones (excluding diaryl/α,β-unsaturated/α-hetero) is 1. The third-order valence-electron chi connectivity index (χ3n) is 4.65. The topological polar surface area (TPSA) is 60.4 Å². The van der Waals surface area contributed by atoms with Crippen LogP contribution >= 0.6 is 0 Å². The van der Waals surface area contributed by atoms with E-state index in [4.69, 9.17) is 4.74 Å². The molecule has 0 aliphatic carbocycles. The Morgan fingerprint density at radius 3 is 2.50 bits per heavy atom. The second-order valence-electron chi connectivity index (χ2n) is 6.71. The van der Waals surface area contributed by atoms with Crippen LogP contribution in [0.15, 0.2) is 66.8 Å². The number of hydrogen-bond donors (Lipinski definition) is 0. The summed E-state index contributed by atoms with van der Waals surface area (Å²) < 4.78 is 5.67. The molecule has 0 saturated carbocycles. The molecular weight excluding hydrogens is 352 g/mol. The van der Waals surface area contributed by atoms with Crippen molar-refractivity contribution in [2.75, 3.05) is 0 Å². The van der Waals surface area contributed by atoms with Gasteiger partial charge in [0.2, 0.25) is 0 Å². The Labute approximate surface area is 165 Å². The molecule has 0 aromatic heterocycles. The van der Waals surface area contributed by atoms with Crippen LogP contribution in [0, 0.1) is 5.92 Å². The third-order valence-corrected chi connectivity index (χ3v) is 4.65. The summed E-state index contributed by atoms with van der Waals surface area (Å²) in [7, 11) is 0. The van der Waals surface area contributed by atoms with E-state index < -0.39 is 11.9 Å². The molecule has 0 bridgehead atoms. The first-order chi connectivity index (χ1) is 13.5. The van der Waals surface area contributed by atoms with Crippen molar-refractivity contribution >= 4 is 28.3 Å². The van der Waals surface area contributed by atoms with Gasteiger partial charge in [-0.15, -0.1) is 0 Å². The van der Waals surface area contributed by atoms with E-state index in [1.165, 1.54) is 6.92 Å². The van der Waals surface area contributed by atoms with Gasteiger partial charge in [0, 0.05) is 11.0 Å². The lowest BCUT2D eigenvalue weighted by atomic mass is 9.94. The van der Waals surface area contributed by atoms with Crippen molar-refractivity contribution < 1.29 is 19.1 Å². The van der Waals surface area contributed by atoms with Crippen LogP contribution in [0.5, 0.6) is 5.75 Å². The van der Waals surface area contributed by atoms with Crippen molar-refractivity contribution in [3.8, 4) is 5.75 Å². The normalized spacial score (nSPS) is 12.4. The van der Waals surface area contributed by atoms with Crippen LogP contribution in [0.4, 0.5) is 0 Å². The molecule has 0 fully saturated rings. The zero-order chi connectivity index (χ0) is 20.5. The van der Waals surface area contributed by atoms with Gasteiger partial charge in [0.05, 0.1) is 5.92 Å². The quantitative estimate of drug-likeness (QED) is 0.246. The number of ketones is 2. The van der Waals surface area contributed by atoms with Gasteiger partial charge in [-0.05, 0) is 43.7 Å². The summed E-state index contributed by atoms with van der Waals surface area (Å²) in [6, 6.07) is 13.2. The summed E-state index contributed by atoms with van der Waals surface area (Å²) in [4.78, 5) is 36.5. The van der Waals surface area contributed by atoms with E-state index in [1.807, 2.05) is 43.3 Å². The number of allylic oxidation sites excluding steroid dienone is 2. The maximum atomic E-state index is 12.8. The molecule has 0 aliphatic heterocycles. The minimum absolute atomic E-state index is 0.171. The fourth-order valence-electron chi connectivity index (χ4n) is 2.99. The Balaban J connectivity index is 2.25. The fraction of sp³-hybridized carbons (Fsp3) is 0.292. The van der Waals surface area contributed by atoms with Gasteiger partial charge in [0.1, 0.15) is 11.5 Å². The van der Waals surface area contributed by atoms with E-state index in [1.54, 1.807) is 12.1 Å². The van der Waals surface area contributed by atoms with Crippen LogP contribution in [-0.2, 0) is 14.4 Å². The molecule has 1 unspecified atom stereocenters. The zero-order valence-electron chi connectivity index (χ0n) is 16.4. The first kappa shape index (κ1) is 21.3. The predicted octanol–water partition coefficient (Wildman–Crippen LogP) is 5.21. The first-order valence-electron chi connectivity index (χ1n) is 9.53. The number of unbranched alkanes of at least 4 members (excludes halogenated alkanes) is 1. The second-order valence-corrected chi connectivity index (χ2v) is 6.71. The number of carbonyl (C=O) groups excluding carboxylic acids is 3. The lowest BCUT2D eigenvalue weighted by Gasteiger charge is -2.12. The zero-order valence-corrected chi connectivity index (χ0v) is 16.4. The molecule has 2 aromatic carbocycles. The van der Waals surface area contributed by atoms with Gasteiger partial charge in [-0.3, -0.25) is 9.59 Å². The molecule has 0 N–H and O–H groups in total. The Morgan fingerprint density at radius 1 is 1.11 bits per heavy atom. The molecule has 4 nitrogen and oxygen atoms in total. The van der Waals surface area contributed by atoms with Crippen molar-refractivity contribution in [2.24, 2.45) is 5.92 Å². The number of benzene rings is 2. The molecule has 1 atom stereocenters. The number of rotatable bonds is 10. The van der Waals surface area contributed by atoms with E-state index in [-0.39, 0.29) is 18.0 Å². The van der Waals surface area contributed by atoms with Crippen molar-refractivity contribution in [1.82, 2.24) is 0 Å². The van der Waals surface area contributed by atoms with Crippen molar-refractivity contribution in [2.45, 2.75) is 39.5 Å². The van der Waals surface area contributed by atoms with Crippen LogP contribution in [0.25, 0.3) is 10.8 Å². The lowest BCUT2D eigenvalue weighted by Crippen LogP contribution is -2.20. The Hall–Kier alpha value is -3.01. The standard InChI is InChI=1S/C24H26O4/c1-4-6-10-19(15-16-20(17(3)25)22(26)5-2)24(27)28-23-14-9-12-18-11-7-8-13-21(18)23/h5,7-9,11-15,20H,2,4,6,10,16H2,1,3H3. The number of fused-ring (bicyclic) bond motifs is 1. The van der Waals surface area contributed by atoms with Gasteiger partial charge in [-0.2, -0.15) is 0 Å². The van der Waals surface area contributed by atoms with Crippen molar-refractivity contribution in [3.05, 3.63) is 66.8 Å². The molecule has 0 radical (unpaired) electrons. The maximum Gasteiger partial charge on any atom is 0.339 e. The molecule has 0 spiro atoms. The molecule has 2 rings (SSSR count). The molecule has 0 amide bonds. The highest BCUT2D eigenvalue weighted by atomic mass is 16.5. The largest absolute Gasteiger partial charge is 0.423 e. The smallest absolute Gasteiger partial charge is 0.339 e. The van der Waals surface area contributed by atoms with Gasteiger partial charge < -0.3 is 4.74 Å². The van der Waals surface area contributed by atoms with Gasteiger partial charge in [-0.25, -0.2) is 4.79 Å². The Kier molecular flexibility index (Phi) is 7.88. The van der Waals surface area contributed by atoms with E-state index in [0.29, 0.717) is 17.7 Å². The van der Waals surface area contributed by atoms with Crippen LogP contribution in [0.2, 0.25) is 0 Å². The Morgan fingerprint density at radius 2 is 1.82 bits per heavy atom. The number of hydrogen-bond acceptors (Lipinski definition) is 4. The summed E-state index contributed by atoms with van der Waals surface area (Å²) in [6.45, 7) is 6.86. The summed E-state index contributed by atoms with van der Waals surface area (Å²) in [5, 5.41) is 1.84. The molecule has 0 heterocycles. The molecule has 28 heavy (non-hydrogen) atoms. The van der Waals surface area contributed by atoms with Crippen LogP contribution in [0.3, 0.4) is 0 Å². The molecule has 4 heteroatoms. The summed E-state index contributed by atoms with van der Waals surface area (Å²) in [5.74, 6) is -1.33. The first-order valence-corrected chi connectivity index (χ1v) is 9.53. The van der Waals surface area contributed by atoms with Gasteiger partial charge in [0.25, 0.3) is 0 Å². The van der Waals surface area contributed by atoms with E-state index in [2.05, 4.69) is 6.58 Å². The minimum atomic E-state index is -0.806. The molecule has 146 valence electrons. The second kappa shape index (κ2) is 10.4. The number of carbonyl (C=O) groups is 3. The monoisotopic (exact) mass is 378 g/mol. The fourth-order valence-corrected chi connectivity index (χ4v) is 2.99. The van der Waals surface area contributed by atoms with Crippen molar-refractivity contribution in [1.29, 1.82) is 0 Å². The summed E-state index contributed by atoms with van der Waals surface area (Å²) in [6.07, 6.45) is 5.25. The van der Waals surface area contributed by atoms with Gasteiger partial charge >= 0.3 is 5.97 Å². The van der Waals surface area contributed by atoms with Crippen LogP contribution < -0.4 is 4.74 Å². The van der Waals surface area contributed by atoms with Gasteiger partial charge in [-0.1, -0.05) is 62.4 Å². The minimum Gasteiger partial charge on any atom is -0.423 e. The van der Waals surface area contributed by atoms with E-state index in [0.717, 1.165) is 29.7 Å². The molecular formula is C24H26O4. The summed E-state index contributed by atoms with van der Waals surface area (Å²) >= 11 is 0. The van der Waals surface area contributed by atoms with Crippen molar-refractivity contribution in [3.63, 3.8) is 0 Å². The maximum absolute atomic E-state index is 12.8. The van der Waals surface area contributed by atoms with Gasteiger partial charge in [0.15, 0.2) is 5.78 Å². The highest BCUT2D eigenvalue weighted by Crippen LogP contribution is 2.26. The SMILES string of the molecule is C=CC(=O)C(CC=C(CCCC)C(=O)Oc1cccc2ccccc12)C(C)=O. The number of esters is 1. The lowest BCUT2D eigenvalue weighted by molar-refractivity contribution is -0.131. The third kappa shape index (κ3) is 5.49. The number of ether oxygens (including phenoxy) is 1. The van der Waals surface area contributed by atoms with E-state index >= 15 is 0 Å². The van der Waals surface area contributed by atoms with Crippen LogP contribution in [-0.4, -0.2) is 17.5 Å². The summed E-state index contributed by atoms with van der Waals surface area (Å²) in [5.41, 5.74) is 0.484. The average Bonchev–Trinajstić information content (AvgIpc) is 2.70. The highest BCUT2D eigenvalue weighted by Gasteiger charge is 2.21. The molecule has 0 saturated heterocycles. The molecule has 2 aromatic rings. The highest BCUT2D eigenvalue weighted by molar-refractivity contribution is 6.06. The van der Waals surface area contributed by atoms with Crippen LogP contribution in [0.1, 0.15) is 39.5 Å². The van der Waals surface area contributed by atoms with E-state index in [9.17, 15) is 14.4 Å². The average molecular weight is 378 g/mol. The molecule has 0 aliphatic rings.